The van der Waals surface area contributed by atoms with Crippen LogP contribution in [-0.2, 0) is 9.05 Å². The molecule has 0 aliphatic heterocycles. The molecular formula is C7H3BrCl2O3S. The molecule has 0 aliphatic rings. The second-order valence-electron chi connectivity index (χ2n) is 2.36. The molecule has 1 aromatic rings. The number of hydrogen-bond donors (Lipinski definition) is 0. The summed E-state index contributed by atoms with van der Waals surface area (Å²) in [4.78, 5) is 10.6. The molecular weight excluding hydrogens is 315 g/mol. The zero-order valence-corrected chi connectivity index (χ0v) is 10.4. The van der Waals surface area contributed by atoms with Gasteiger partial charge < -0.3 is 0 Å². The standard InChI is InChI=1S/C7H3BrCl2O3S/c8-5-3-4(7(9)11)1-2-6(5)14(10,12)13/h1-3H. The molecule has 0 spiro atoms. The molecule has 0 aromatic heterocycles. The van der Waals surface area contributed by atoms with E-state index in [9.17, 15) is 13.2 Å². The topological polar surface area (TPSA) is 51.2 Å². The van der Waals surface area contributed by atoms with E-state index in [2.05, 4.69) is 15.9 Å². The van der Waals surface area contributed by atoms with Crippen LogP contribution in [0.15, 0.2) is 27.6 Å². The van der Waals surface area contributed by atoms with Gasteiger partial charge in [0.2, 0.25) is 0 Å². The SMILES string of the molecule is O=C(Cl)c1ccc(S(=O)(=O)Cl)c(Br)c1. The van der Waals surface area contributed by atoms with Crippen LogP contribution in [0.3, 0.4) is 0 Å². The minimum absolute atomic E-state index is 0.0965. The van der Waals surface area contributed by atoms with Crippen molar-refractivity contribution in [3.05, 3.63) is 28.2 Å². The van der Waals surface area contributed by atoms with Gasteiger partial charge in [-0.3, -0.25) is 4.79 Å². The first-order chi connectivity index (χ1) is 6.32. The summed E-state index contributed by atoms with van der Waals surface area (Å²) in [5.74, 6) is 0. The van der Waals surface area contributed by atoms with Crippen LogP contribution in [0.5, 0.6) is 0 Å². The van der Waals surface area contributed by atoms with E-state index in [0.29, 0.717) is 0 Å². The largest absolute Gasteiger partial charge is 0.276 e. The van der Waals surface area contributed by atoms with Crippen LogP contribution in [0.25, 0.3) is 0 Å². The predicted octanol–water partition coefficient (Wildman–Crippen LogP) is 2.76. The highest BCUT2D eigenvalue weighted by molar-refractivity contribution is 9.10. The van der Waals surface area contributed by atoms with Gasteiger partial charge in [0.25, 0.3) is 14.3 Å². The Bertz CT molecular complexity index is 484. The lowest BCUT2D eigenvalue weighted by Gasteiger charge is -2.00. The third-order valence-corrected chi connectivity index (χ3v) is 3.94. The molecule has 0 N–H and O–H groups in total. The quantitative estimate of drug-likeness (QED) is 0.788. The molecule has 0 atom stereocenters. The highest BCUT2D eigenvalue weighted by atomic mass is 79.9. The number of benzene rings is 1. The van der Waals surface area contributed by atoms with E-state index in [0.717, 1.165) is 0 Å². The second kappa shape index (κ2) is 4.18. The molecule has 0 saturated heterocycles. The van der Waals surface area contributed by atoms with Gasteiger partial charge >= 0.3 is 0 Å². The molecule has 0 fully saturated rings. The van der Waals surface area contributed by atoms with Crippen molar-refractivity contribution in [3.8, 4) is 0 Å². The van der Waals surface area contributed by atoms with E-state index in [1.165, 1.54) is 18.2 Å². The van der Waals surface area contributed by atoms with Crippen LogP contribution in [0, 0.1) is 0 Å². The molecule has 7 heteroatoms. The molecule has 14 heavy (non-hydrogen) atoms. The lowest BCUT2D eigenvalue weighted by atomic mass is 10.2. The summed E-state index contributed by atoms with van der Waals surface area (Å²) in [6, 6.07) is 3.79. The lowest BCUT2D eigenvalue weighted by molar-refractivity contribution is 0.108. The molecule has 0 amide bonds. The monoisotopic (exact) mass is 316 g/mol. The molecule has 0 saturated carbocycles. The van der Waals surface area contributed by atoms with Crippen molar-refractivity contribution in [2.75, 3.05) is 0 Å². The lowest BCUT2D eigenvalue weighted by Crippen LogP contribution is -1.95. The number of carbonyl (C=O) groups is 1. The van der Waals surface area contributed by atoms with Crippen LogP contribution < -0.4 is 0 Å². The number of hydrogen-bond acceptors (Lipinski definition) is 3. The Hall–Kier alpha value is -0.100. The van der Waals surface area contributed by atoms with Crippen molar-refractivity contribution in [3.63, 3.8) is 0 Å². The number of carbonyl (C=O) groups excluding carboxylic acids is 1. The maximum Gasteiger partial charge on any atom is 0.262 e. The van der Waals surface area contributed by atoms with E-state index >= 15 is 0 Å². The first-order valence-corrected chi connectivity index (χ1v) is 6.74. The van der Waals surface area contributed by atoms with Gasteiger partial charge in [-0.05, 0) is 45.7 Å². The Morgan fingerprint density at radius 1 is 1.36 bits per heavy atom. The molecule has 0 bridgehead atoms. The maximum absolute atomic E-state index is 11.0. The maximum atomic E-state index is 11.0. The summed E-state index contributed by atoms with van der Waals surface area (Å²) < 4.78 is 22.1. The van der Waals surface area contributed by atoms with Crippen molar-refractivity contribution in [1.29, 1.82) is 0 Å². The summed E-state index contributed by atoms with van der Waals surface area (Å²) in [6.07, 6.45) is 0. The Morgan fingerprint density at radius 3 is 2.29 bits per heavy atom. The highest BCUT2D eigenvalue weighted by Crippen LogP contribution is 2.26. The summed E-state index contributed by atoms with van der Waals surface area (Å²) in [5.41, 5.74) is 0.197. The van der Waals surface area contributed by atoms with Crippen molar-refractivity contribution in [2.24, 2.45) is 0 Å². The minimum atomic E-state index is -3.80. The van der Waals surface area contributed by atoms with Crippen LogP contribution >= 0.6 is 38.2 Å². The first-order valence-electron chi connectivity index (χ1n) is 3.26. The highest BCUT2D eigenvalue weighted by Gasteiger charge is 2.15. The Labute approximate surface area is 98.6 Å². The van der Waals surface area contributed by atoms with Crippen molar-refractivity contribution >= 4 is 52.5 Å². The number of halogens is 3. The summed E-state index contributed by atoms with van der Waals surface area (Å²) in [7, 11) is 1.32. The average molecular weight is 318 g/mol. The van der Waals surface area contributed by atoms with Crippen molar-refractivity contribution in [2.45, 2.75) is 4.90 Å². The fourth-order valence-electron chi connectivity index (χ4n) is 0.821. The fourth-order valence-corrected chi connectivity index (χ4v) is 3.16. The first kappa shape index (κ1) is 12.0. The zero-order valence-electron chi connectivity index (χ0n) is 6.50. The normalized spacial score (nSPS) is 11.4. The van der Waals surface area contributed by atoms with Crippen LogP contribution in [-0.4, -0.2) is 13.7 Å². The summed E-state index contributed by atoms with van der Waals surface area (Å²) in [5, 5.41) is -0.663. The molecule has 3 nitrogen and oxygen atoms in total. The average Bonchev–Trinajstić information content (AvgIpc) is 2.01. The summed E-state index contributed by atoms with van der Waals surface area (Å²) >= 11 is 8.18. The van der Waals surface area contributed by atoms with E-state index in [4.69, 9.17) is 22.3 Å². The molecule has 1 rings (SSSR count). The molecule has 0 heterocycles. The van der Waals surface area contributed by atoms with E-state index < -0.39 is 14.3 Å². The third kappa shape index (κ3) is 2.70. The van der Waals surface area contributed by atoms with Crippen molar-refractivity contribution in [1.82, 2.24) is 0 Å². The molecule has 76 valence electrons. The van der Waals surface area contributed by atoms with Crippen LogP contribution in [0.2, 0.25) is 0 Å². The van der Waals surface area contributed by atoms with E-state index in [-0.39, 0.29) is 14.9 Å². The van der Waals surface area contributed by atoms with Gasteiger partial charge in [0.05, 0.1) is 4.90 Å². The Balaban J connectivity index is 3.35. The second-order valence-corrected chi connectivity index (χ2v) is 6.09. The predicted molar refractivity (Wildman–Crippen MR) is 57.4 cm³/mol. The van der Waals surface area contributed by atoms with E-state index in [1.54, 1.807) is 0 Å². The minimum Gasteiger partial charge on any atom is -0.276 e. The number of rotatable bonds is 2. The van der Waals surface area contributed by atoms with Gasteiger partial charge in [0.1, 0.15) is 0 Å². The molecule has 0 radical (unpaired) electrons. The van der Waals surface area contributed by atoms with Crippen LogP contribution in [0.1, 0.15) is 10.4 Å². The summed E-state index contributed by atoms with van der Waals surface area (Å²) in [6.45, 7) is 0. The van der Waals surface area contributed by atoms with Gasteiger partial charge in [-0.2, -0.15) is 0 Å². The van der Waals surface area contributed by atoms with Crippen molar-refractivity contribution < 1.29 is 13.2 Å². The van der Waals surface area contributed by atoms with Gasteiger partial charge in [-0.25, -0.2) is 8.42 Å². The van der Waals surface area contributed by atoms with Gasteiger partial charge in [-0.1, -0.05) is 0 Å². The smallest absolute Gasteiger partial charge is 0.262 e. The van der Waals surface area contributed by atoms with Crippen LogP contribution in [0.4, 0.5) is 0 Å². The van der Waals surface area contributed by atoms with Gasteiger partial charge in [-0.15, -0.1) is 0 Å². The van der Waals surface area contributed by atoms with E-state index in [1.807, 2.05) is 0 Å². The van der Waals surface area contributed by atoms with Gasteiger partial charge in [0, 0.05) is 20.7 Å². The molecule has 0 unspecified atom stereocenters. The fraction of sp³-hybridized carbons (Fsp3) is 0. The Morgan fingerprint density at radius 2 is 1.93 bits per heavy atom. The van der Waals surface area contributed by atoms with Gasteiger partial charge in [0.15, 0.2) is 0 Å². The Kier molecular flexibility index (Phi) is 3.58. The third-order valence-electron chi connectivity index (χ3n) is 1.42. The zero-order chi connectivity index (χ0) is 10.9. The molecule has 0 aliphatic carbocycles. The molecule has 1 aromatic carbocycles.